The average Bonchev–Trinajstić information content (AvgIpc) is 2.61. The van der Waals surface area contributed by atoms with E-state index in [9.17, 15) is 9.59 Å². The Morgan fingerprint density at radius 2 is 1.88 bits per heavy atom. The molecule has 0 atom stereocenters. The standard InChI is InChI=1S/C18H25N3O3/c1-14(22)20-10-8-19(9-11-20)13-18(23)21-7-3-4-15-12-16(24-2)5-6-17(15)21/h5-6,12H,3-4,7-11,13H2,1-2H3. The van der Waals surface area contributed by atoms with Crippen LogP contribution in [0.4, 0.5) is 5.69 Å². The lowest BCUT2D eigenvalue weighted by molar-refractivity contribution is -0.130. The van der Waals surface area contributed by atoms with E-state index < -0.39 is 0 Å². The summed E-state index contributed by atoms with van der Waals surface area (Å²) >= 11 is 0. The van der Waals surface area contributed by atoms with E-state index in [1.165, 1.54) is 5.56 Å². The number of nitrogens with zero attached hydrogens (tertiary/aromatic N) is 3. The van der Waals surface area contributed by atoms with Crippen molar-refractivity contribution in [2.24, 2.45) is 0 Å². The topological polar surface area (TPSA) is 53.1 Å². The fourth-order valence-electron chi connectivity index (χ4n) is 3.46. The summed E-state index contributed by atoms with van der Waals surface area (Å²) in [6, 6.07) is 5.93. The van der Waals surface area contributed by atoms with E-state index in [0.29, 0.717) is 19.6 Å². The van der Waals surface area contributed by atoms with Crippen molar-refractivity contribution < 1.29 is 14.3 Å². The van der Waals surface area contributed by atoms with Crippen molar-refractivity contribution in [1.29, 1.82) is 0 Å². The summed E-state index contributed by atoms with van der Waals surface area (Å²) in [6.07, 6.45) is 1.96. The van der Waals surface area contributed by atoms with Gasteiger partial charge in [-0.05, 0) is 36.6 Å². The molecule has 2 aliphatic heterocycles. The number of aryl methyl sites for hydroxylation is 1. The molecule has 2 aliphatic rings. The third kappa shape index (κ3) is 3.53. The van der Waals surface area contributed by atoms with E-state index in [0.717, 1.165) is 43.9 Å². The molecule has 6 heteroatoms. The normalized spacial score (nSPS) is 18.2. The highest BCUT2D eigenvalue weighted by Crippen LogP contribution is 2.30. The molecule has 0 bridgehead atoms. The van der Waals surface area contributed by atoms with Crippen LogP contribution in [0.2, 0.25) is 0 Å². The van der Waals surface area contributed by atoms with Crippen LogP contribution in [0.5, 0.6) is 5.75 Å². The molecule has 130 valence electrons. The third-order valence-electron chi connectivity index (χ3n) is 4.88. The molecular formula is C18H25N3O3. The number of ether oxygens (including phenoxy) is 1. The van der Waals surface area contributed by atoms with Crippen molar-refractivity contribution in [3.8, 4) is 5.75 Å². The molecule has 24 heavy (non-hydrogen) atoms. The number of hydrogen-bond donors (Lipinski definition) is 0. The molecule has 0 saturated carbocycles. The summed E-state index contributed by atoms with van der Waals surface area (Å²) in [4.78, 5) is 30.0. The molecule has 2 heterocycles. The molecule has 0 aromatic heterocycles. The van der Waals surface area contributed by atoms with E-state index in [-0.39, 0.29) is 11.8 Å². The van der Waals surface area contributed by atoms with E-state index in [4.69, 9.17) is 4.74 Å². The lowest BCUT2D eigenvalue weighted by atomic mass is 10.0. The van der Waals surface area contributed by atoms with Crippen LogP contribution in [0.25, 0.3) is 0 Å². The van der Waals surface area contributed by atoms with Crippen LogP contribution < -0.4 is 9.64 Å². The number of carbonyl (C=O) groups is 2. The van der Waals surface area contributed by atoms with Crippen LogP contribution >= 0.6 is 0 Å². The Bertz CT molecular complexity index is 624. The smallest absolute Gasteiger partial charge is 0.241 e. The van der Waals surface area contributed by atoms with Gasteiger partial charge in [-0.2, -0.15) is 0 Å². The number of piperazine rings is 1. The second-order valence-electron chi connectivity index (χ2n) is 6.43. The second kappa shape index (κ2) is 7.21. The van der Waals surface area contributed by atoms with Gasteiger partial charge in [0.1, 0.15) is 5.75 Å². The summed E-state index contributed by atoms with van der Waals surface area (Å²) in [5.74, 6) is 1.08. The number of carbonyl (C=O) groups excluding carboxylic acids is 2. The highest BCUT2D eigenvalue weighted by Gasteiger charge is 2.26. The van der Waals surface area contributed by atoms with Crippen LogP contribution in [0.15, 0.2) is 18.2 Å². The lowest BCUT2D eigenvalue weighted by Crippen LogP contribution is -2.51. The van der Waals surface area contributed by atoms with Crippen LogP contribution in [-0.2, 0) is 16.0 Å². The summed E-state index contributed by atoms with van der Waals surface area (Å²) in [6.45, 7) is 5.71. The minimum absolute atomic E-state index is 0.111. The van der Waals surface area contributed by atoms with Gasteiger partial charge in [0.05, 0.1) is 13.7 Å². The molecule has 0 unspecified atom stereocenters. The Kier molecular flexibility index (Phi) is 5.04. The molecule has 0 N–H and O–H groups in total. The van der Waals surface area contributed by atoms with Gasteiger partial charge in [-0.25, -0.2) is 0 Å². The summed E-state index contributed by atoms with van der Waals surface area (Å²) in [5, 5.41) is 0. The van der Waals surface area contributed by atoms with Gasteiger partial charge in [-0.3, -0.25) is 14.5 Å². The fraction of sp³-hybridized carbons (Fsp3) is 0.556. The average molecular weight is 331 g/mol. The van der Waals surface area contributed by atoms with E-state index >= 15 is 0 Å². The van der Waals surface area contributed by atoms with Crippen molar-refractivity contribution in [2.45, 2.75) is 19.8 Å². The molecule has 0 radical (unpaired) electrons. The van der Waals surface area contributed by atoms with Crippen LogP contribution in [0, 0.1) is 0 Å². The molecule has 1 saturated heterocycles. The van der Waals surface area contributed by atoms with Gasteiger partial charge in [0, 0.05) is 45.3 Å². The van der Waals surface area contributed by atoms with Crippen molar-refractivity contribution in [1.82, 2.24) is 9.80 Å². The van der Waals surface area contributed by atoms with E-state index in [2.05, 4.69) is 4.90 Å². The van der Waals surface area contributed by atoms with Gasteiger partial charge in [0.25, 0.3) is 0 Å². The maximum atomic E-state index is 12.8. The number of anilines is 1. The number of fused-ring (bicyclic) bond motifs is 1. The SMILES string of the molecule is COc1ccc2c(c1)CCCN2C(=O)CN1CCN(C(C)=O)CC1. The number of amides is 2. The van der Waals surface area contributed by atoms with Gasteiger partial charge in [0.15, 0.2) is 0 Å². The predicted molar refractivity (Wildman–Crippen MR) is 92.4 cm³/mol. The van der Waals surface area contributed by atoms with Gasteiger partial charge in [0.2, 0.25) is 11.8 Å². The van der Waals surface area contributed by atoms with E-state index in [1.54, 1.807) is 14.0 Å². The molecule has 1 aromatic carbocycles. The van der Waals surface area contributed by atoms with Crippen molar-refractivity contribution in [3.63, 3.8) is 0 Å². The third-order valence-corrected chi connectivity index (χ3v) is 4.88. The predicted octanol–water partition coefficient (Wildman–Crippen LogP) is 1.14. The molecule has 0 spiro atoms. The first-order chi connectivity index (χ1) is 11.6. The molecule has 3 rings (SSSR count). The maximum Gasteiger partial charge on any atom is 0.241 e. The molecule has 1 aromatic rings. The first-order valence-corrected chi connectivity index (χ1v) is 8.53. The van der Waals surface area contributed by atoms with Crippen molar-refractivity contribution >= 4 is 17.5 Å². The monoisotopic (exact) mass is 331 g/mol. The van der Waals surface area contributed by atoms with Crippen molar-refractivity contribution in [2.75, 3.05) is 51.3 Å². The van der Waals surface area contributed by atoms with Gasteiger partial charge < -0.3 is 14.5 Å². The molecule has 2 amide bonds. The van der Waals surface area contributed by atoms with Gasteiger partial charge in [-0.15, -0.1) is 0 Å². The Morgan fingerprint density at radius 1 is 1.12 bits per heavy atom. The summed E-state index contributed by atoms with van der Waals surface area (Å²) in [7, 11) is 1.66. The zero-order chi connectivity index (χ0) is 17.1. The molecule has 1 fully saturated rings. The highest BCUT2D eigenvalue weighted by atomic mass is 16.5. The van der Waals surface area contributed by atoms with Gasteiger partial charge >= 0.3 is 0 Å². The largest absolute Gasteiger partial charge is 0.497 e. The Hall–Kier alpha value is -2.08. The molecular weight excluding hydrogens is 306 g/mol. The molecule has 6 nitrogen and oxygen atoms in total. The maximum absolute atomic E-state index is 12.8. The zero-order valence-electron chi connectivity index (χ0n) is 14.5. The first kappa shape index (κ1) is 16.8. The number of hydrogen-bond acceptors (Lipinski definition) is 4. The zero-order valence-corrected chi connectivity index (χ0v) is 14.5. The Balaban J connectivity index is 1.64. The minimum Gasteiger partial charge on any atom is -0.497 e. The fourth-order valence-corrected chi connectivity index (χ4v) is 3.46. The summed E-state index contributed by atoms with van der Waals surface area (Å²) in [5.41, 5.74) is 2.18. The van der Waals surface area contributed by atoms with Crippen LogP contribution in [0.1, 0.15) is 18.9 Å². The quantitative estimate of drug-likeness (QED) is 0.833. The number of methoxy groups -OCH3 is 1. The number of benzene rings is 1. The lowest BCUT2D eigenvalue weighted by Gasteiger charge is -2.36. The Morgan fingerprint density at radius 3 is 2.54 bits per heavy atom. The van der Waals surface area contributed by atoms with Crippen LogP contribution in [-0.4, -0.2) is 68.0 Å². The van der Waals surface area contributed by atoms with E-state index in [1.807, 2.05) is 28.0 Å². The number of rotatable bonds is 3. The molecule has 0 aliphatic carbocycles. The highest BCUT2D eigenvalue weighted by molar-refractivity contribution is 5.96. The van der Waals surface area contributed by atoms with Gasteiger partial charge in [-0.1, -0.05) is 0 Å². The van der Waals surface area contributed by atoms with Crippen molar-refractivity contribution in [3.05, 3.63) is 23.8 Å². The summed E-state index contributed by atoms with van der Waals surface area (Å²) < 4.78 is 5.28. The minimum atomic E-state index is 0.111. The Labute approximate surface area is 143 Å². The first-order valence-electron chi connectivity index (χ1n) is 8.53. The van der Waals surface area contributed by atoms with Crippen LogP contribution in [0.3, 0.4) is 0 Å². The second-order valence-corrected chi connectivity index (χ2v) is 6.43.